The van der Waals surface area contributed by atoms with E-state index in [1.165, 1.54) is 11.8 Å². The predicted octanol–water partition coefficient (Wildman–Crippen LogP) is 1.44. The van der Waals surface area contributed by atoms with Gasteiger partial charge in [0.15, 0.2) is 17.6 Å². The van der Waals surface area contributed by atoms with Gasteiger partial charge in [-0.15, -0.1) is 0 Å². The third-order valence-electron chi connectivity index (χ3n) is 6.36. The Morgan fingerprint density at radius 3 is 2.64 bits per heavy atom. The van der Waals surface area contributed by atoms with Crippen LogP contribution in [0.15, 0.2) is 17.2 Å². The summed E-state index contributed by atoms with van der Waals surface area (Å²) >= 11 is 0. The largest absolute Gasteiger partial charge is 0.434 e. The number of carbonyl (C=O) groups is 1. The number of ether oxygens (including phenoxy) is 1. The van der Waals surface area contributed by atoms with Gasteiger partial charge in [0.05, 0.1) is 37.0 Å². The highest BCUT2D eigenvalue weighted by Crippen LogP contribution is 2.34. The molecule has 4 rings (SSSR count). The molecular weight excluding hydrogens is 540 g/mol. The van der Waals surface area contributed by atoms with Crippen LogP contribution in [0.2, 0.25) is 0 Å². The molecule has 17 heteroatoms. The van der Waals surface area contributed by atoms with Crippen molar-refractivity contribution in [3.05, 3.63) is 39.7 Å². The van der Waals surface area contributed by atoms with Gasteiger partial charge in [0.25, 0.3) is 11.5 Å². The molecule has 0 radical (unpaired) electrons. The van der Waals surface area contributed by atoms with Crippen LogP contribution in [-0.2, 0) is 28.3 Å². The number of aromatic amines is 1. The molecule has 11 nitrogen and oxygen atoms in total. The molecule has 1 fully saturated rings. The van der Waals surface area contributed by atoms with Gasteiger partial charge in [0.2, 0.25) is 0 Å². The molecule has 2 aliphatic rings. The van der Waals surface area contributed by atoms with Gasteiger partial charge in [0.1, 0.15) is 5.56 Å². The monoisotopic (exact) mass is 565 g/mol. The van der Waals surface area contributed by atoms with Crippen LogP contribution in [0, 0.1) is 0 Å². The standard InChI is InChI=1S/C22H25F6N7O4/c1-11(31-14-6-30-33-19(37)17(14)22(26,27)28)9-39-10-15(36)20(38)34-4-5-35-12(8-34)2-3-13-18(35)29-7-16(32-13)21(23,24)25/h6-7,11-12,15,36H,2-5,8-10H2,1H3,(H2,31,33,37)/t11?,12-,15+/m1/s1. The first-order chi connectivity index (χ1) is 18.3. The Kier molecular flexibility index (Phi) is 8.02. The molecule has 2 aromatic rings. The van der Waals surface area contributed by atoms with Crippen LogP contribution in [0.3, 0.4) is 0 Å². The zero-order valence-electron chi connectivity index (χ0n) is 20.5. The number of rotatable bonds is 7. The van der Waals surface area contributed by atoms with Gasteiger partial charge < -0.3 is 25.0 Å². The molecule has 3 N–H and O–H groups in total. The van der Waals surface area contributed by atoms with Crippen molar-refractivity contribution in [3.63, 3.8) is 0 Å². The predicted molar refractivity (Wildman–Crippen MR) is 123 cm³/mol. The van der Waals surface area contributed by atoms with Crippen molar-refractivity contribution < 1.29 is 41.0 Å². The Hall–Kier alpha value is -3.47. The Labute approximate surface area is 217 Å². The lowest BCUT2D eigenvalue weighted by molar-refractivity contribution is -0.144. The molecule has 214 valence electrons. The first-order valence-electron chi connectivity index (χ1n) is 11.9. The van der Waals surface area contributed by atoms with Gasteiger partial charge in [-0.1, -0.05) is 0 Å². The van der Waals surface area contributed by atoms with Crippen molar-refractivity contribution in [2.45, 2.75) is 50.3 Å². The number of halogens is 6. The van der Waals surface area contributed by atoms with E-state index in [9.17, 15) is 41.0 Å². The van der Waals surface area contributed by atoms with Crippen LogP contribution in [0.5, 0.6) is 0 Å². The summed E-state index contributed by atoms with van der Waals surface area (Å²) in [6.45, 7) is 1.54. The number of amides is 1. The number of nitrogens with one attached hydrogen (secondary N) is 2. The summed E-state index contributed by atoms with van der Waals surface area (Å²) < 4.78 is 83.7. The Morgan fingerprint density at radius 1 is 1.21 bits per heavy atom. The van der Waals surface area contributed by atoms with Gasteiger partial charge in [-0.05, 0) is 19.8 Å². The van der Waals surface area contributed by atoms with Crippen molar-refractivity contribution in [2.24, 2.45) is 0 Å². The number of carbonyl (C=O) groups excluding carboxylic acids is 1. The third-order valence-corrected chi connectivity index (χ3v) is 6.36. The average Bonchev–Trinajstić information content (AvgIpc) is 2.86. The second-order valence-corrected chi connectivity index (χ2v) is 9.28. The molecule has 1 unspecified atom stereocenters. The molecule has 2 aromatic heterocycles. The number of alkyl halides is 6. The molecule has 0 bridgehead atoms. The fourth-order valence-corrected chi connectivity index (χ4v) is 4.58. The number of aromatic nitrogens is 4. The van der Waals surface area contributed by atoms with Crippen molar-refractivity contribution in [1.82, 2.24) is 25.1 Å². The molecule has 0 saturated carbocycles. The van der Waals surface area contributed by atoms with E-state index in [4.69, 9.17) is 4.74 Å². The third kappa shape index (κ3) is 6.41. The maximum Gasteiger partial charge on any atom is 0.434 e. The number of aryl methyl sites for hydroxylation is 1. The number of anilines is 2. The van der Waals surface area contributed by atoms with Gasteiger partial charge in [0, 0.05) is 31.7 Å². The first-order valence-corrected chi connectivity index (χ1v) is 11.9. The molecule has 39 heavy (non-hydrogen) atoms. The fraction of sp³-hybridized carbons (Fsp3) is 0.591. The number of hydrogen-bond donors (Lipinski definition) is 3. The number of fused-ring (bicyclic) bond motifs is 3. The van der Waals surface area contributed by atoms with E-state index in [-0.39, 0.29) is 44.4 Å². The van der Waals surface area contributed by atoms with Crippen LogP contribution < -0.4 is 15.8 Å². The number of nitrogens with zero attached hydrogens (tertiary/aromatic N) is 5. The minimum atomic E-state index is -4.91. The summed E-state index contributed by atoms with van der Waals surface area (Å²) in [4.78, 5) is 35.2. The van der Waals surface area contributed by atoms with E-state index in [1.807, 2.05) is 4.90 Å². The molecule has 0 aliphatic carbocycles. The van der Waals surface area contributed by atoms with Crippen molar-refractivity contribution in [1.29, 1.82) is 0 Å². The number of aliphatic hydroxyl groups excluding tert-OH is 1. The fourth-order valence-electron chi connectivity index (χ4n) is 4.58. The zero-order chi connectivity index (χ0) is 28.5. The molecule has 2 aliphatic heterocycles. The van der Waals surface area contributed by atoms with E-state index in [2.05, 4.69) is 20.4 Å². The average molecular weight is 565 g/mol. The van der Waals surface area contributed by atoms with Crippen LogP contribution in [0.25, 0.3) is 0 Å². The maximum absolute atomic E-state index is 13.2. The summed E-state index contributed by atoms with van der Waals surface area (Å²) in [5.41, 5.74) is -4.19. The van der Waals surface area contributed by atoms with Crippen molar-refractivity contribution >= 4 is 17.4 Å². The molecule has 4 heterocycles. The lowest BCUT2D eigenvalue weighted by Crippen LogP contribution is -2.58. The SMILES string of the molecule is CC(COC[C@H](O)C(=O)N1CCN2c3ncc(C(F)(F)F)nc3CC[C@@H]2C1)Nc1cn[nH]c(=O)c1C(F)(F)F. The molecular formula is C22H25F6N7O4. The smallest absolute Gasteiger partial charge is 0.381 e. The molecule has 0 spiro atoms. The van der Waals surface area contributed by atoms with Crippen LogP contribution >= 0.6 is 0 Å². The van der Waals surface area contributed by atoms with E-state index >= 15 is 0 Å². The summed E-state index contributed by atoms with van der Waals surface area (Å²) in [7, 11) is 0. The second kappa shape index (κ2) is 11.0. The molecule has 0 aromatic carbocycles. The maximum atomic E-state index is 13.2. The number of piperazine rings is 1. The summed E-state index contributed by atoms with van der Waals surface area (Å²) in [5, 5.41) is 17.9. The quantitative estimate of drug-likeness (QED) is 0.426. The zero-order valence-corrected chi connectivity index (χ0v) is 20.5. The summed E-state index contributed by atoms with van der Waals surface area (Å²) in [6.07, 6.45) is -8.84. The highest BCUT2D eigenvalue weighted by molar-refractivity contribution is 5.81. The lowest BCUT2D eigenvalue weighted by Gasteiger charge is -2.45. The molecule has 3 atom stereocenters. The second-order valence-electron chi connectivity index (χ2n) is 9.28. The molecule has 1 saturated heterocycles. The summed E-state index contributed by atoms with van der Waals surface area (Å²) in [6, 6.07) is -0.953. The molecule has 1 amide bonds. The normalized spacial score (nSPS) is 19.2. The van der Waals surface area contributed by atoms with E-state index in [0.717, 1.165) is 6.20 Å². The number of H-pyrrole nitrogens is 1. The van der Waals surface area contributed by atoms with Gasteiger partial charge in [-0.2, -0.15) is 31.4 Å². The minimum Gasteiger partial charge on any atom is -0.381 e. The highest BCUT2D eigenvalue weighted by Gasteiger charge is 2.40. The van der Waals surface area contributed by atoms with E-state index in [1.54, 1.807) is 5.10 Å². The summed E-state index contributed by atoms with van der Waals surface area (Å²) in [5.74, 6) is -0.265. The van der Waals surface area contributed by atoms with E-state index in [0.29, 0.717) is 18.4 Å². The van der Waals surface area contributed by atoms with Crippen LogP contribution in [0.1, 0.15) is 30.3 Å². The highest BCUT2D eigenvalue weighted by atomic mass is 19.4. The number of hydrogen-bond acceptors (Lipinski definition) is 9. The number of aliphatic hydroxyl groups is 1. The van der Waals surface area contributed by atoms with Gasteiger partial charge in [-0.25, -0.2) is 15.1 Å². The Bertz CT molecular complexity index is 1250. The van der Waals surface area contributed by atoms with Crippen LogP contribution in [-0.4, -0.2) is 87.1 Å². The first kappa shape index (κ1) is 28.5. The van der Waals surface area contributed by atoms with E-state index < -0.39 is 59.5 Å². The minimum absolute atomic E-state index is 0.183. The topological polar surface area (TPSA) is 137 Å². The Balaban J connectivity index is 1.28. The van der Waals surface area contributed by atoms with Crippen molar-refractivity contribution in [2.75, 3.05) is 43.1 Å². The Morgan fingerprint density at radius 2 is 1.95 bits per heavy atom. The van der Waals surface area contributed by atoms with Crippen LogP contribution in [0.4, 0.5) is 37.8 Å². The van der Waals surface area contributed by atoms with Crippen molar-refractivity contribution in [3.8, 4) is 0 Å². The lowest BCUT2D eigenvalue weighted by atomic mass is 9.99. The van der Waals surface area contributed by atoms with Gasteiger partial charge >= 0.3 is 12.4 Å². The van der Waals surface area contributed by atoms with Gasteiger partial charge in [-0.3, -0.25) is 9.59 Å².